The lowest BCUT2D eigenvalue weighted by molar-refractivity contribution is 0.0734. The Hall–Kier alpha value is -5.58. The number of hydrogen-bond donors (Lipinski definition) is 1. The fourth-order valence-corrected chi connectivity index (χ4v) is 8.16. The molecule has 0 saturated heterocycles. The van der Waals surface area contributed by atoms with Crippen molar-refractivity contribution in [2.24, 2.45) is 0 Å². The van der Waals surface area contributed by atoms with Crippen LogP contribution >= 0.6 is 11.6 Å². The first-order valence-corrected chi connectivity index (χ1v) is 20.6. The van der Waals surface area contributed by atoms with E-state index in [1.165, 1.54) is 21.9 Å². The summed E-state index contributed by atoms with van der Waals surface area (Å²) in [5.74, 6) is -1.26. The van der Waals surface area contributed by atoms with E-state index in [-0.39, 0.29) is 33.7 Å². The molecule has 1 aromatic heterocycles. The van der Waals surface area contributed by atoms with Crippen molar-refractivity contribution in [2.75, 3.05) is 18.0 Å². The van der Waals surface area contributed by atoms with E-state index in [2.05, 4.69) is 24.6 Å². The van der Waals surface area contributed by atoms with Gasteiger partial charge in [-0.2, -0.15) is 5.10 Å². The van der Waals surface area contributed by atoms with Gasteiger partial charge in [0, 0.05) is 30.9 Å². The number of anilines is 1. The number of unbranched alkanes of at least 4 members (excludes halogenated alkanes) is 1. The second kappa shape index (κ2) is 17.1. The molecule has 1 aliphatic rings. The molecule has 0 aliphatic carbocycles. The second-order valence-electron chi connectivity index (χ2n) is 14.1. The maximum Gasteiger partial charge on any atom is 0.280 e. The number of halogens is 1. The van der Waals surface area contributed by atoms with E-state index in [0.29, 0.717) is 42.3 Å². The van der Waals surface area contributed by atoms with E-state index < -0.39 is 16.9 Å². The zero-order chi connectivity index (χ0) is 39.3. The fraction of sp³-hybridized carbons (Fsp3) is 0.244. The summed E-state index contributed by atoms with van der Waals surface area (Å²) in [4.78, 5) is 46.5. The minimum Gasteiger partial charge on any atom is -0.334 e. The van der Waals surface area contributed by atoms with Crippen molar-refractivity contribution in [3.63, 3.8) is 0 Å². The first-order valence-electron chi connectivity index (χ1n) is 19.0. The molecule has 3 amide bonds. The summed E-state index contributed by atoms with van der Waals surface area (Å²) < 4.78 is 17.5. The molecular weight excluding hydrogens is 742 g/mol. The number of benzene rings is 5. The van der Waals surface area contributed by atoms with Crippen LogP contribution < -0.4 is 9.62 Å². The van der Waals surface area contributed by atoms with Crippen LogP contribution in [0.3, 0.4) is 0 Å². The first kappa shape index (κ1) is 38.7. The van der Waals surface area contributed by atoms with Crippen molar-refractivity contribution in [3.05, 3.63) is 153 Å². The highest BCUT2D eigenvalue weighted by Gasteiger charge is 2.30. The molecule has 6 aromatic rings. The number of fused-ring (bicyclic) bond motifs is 2. The van der Waals surface area contributed by atoms with E-state index in [1.807, 2.05) is 72.8 Å². The highest BCUT2D eigenvalue weighted by atomic mass is 35.5. The molecule has 0 saturated carbocycles. The zero-order valence-electron chi connectivity index (χ0n) is 31.8. The van der Waals surface area contributed by atoms with E-state index in [1.54, 1.807) is 41.0 Å². The molecule has 11 heteroatoms. The van der Waals surface area contributed by atoms with Crippen molar-refractivity contribution in [1.29, 1.82) is 0 Å². The van der Waals surface area contributed by atoms with Gasteiger partial charge in [-0.15, -0.1) is 0 Å². The van der Waals surface area contributed by atoms with E-state index in [4.69, 9.17) is 16.7 Å². The average molecular weight is 786 g/mol. The lowest BCUT2D eigenvalue weighted by atomic mass is 9.98. The summed E-state index contributed by atoms with van der Waals surface area (Å²) in [5, 5.41) is 6.84. The number of aryl methyl sites for hydroxylation is 1. The number of amides is 3. The van der Waals surface area contributed by atoms with Gasteiger partial charge in [-0.05, 0) is 96.1 Å². The molecule has 56 heavy (non-hydrogen) atoms. The number of nitrogens with one attached hydrogen (secondary N) is 1. The molecule has 1 aliphatic heterocycles. The largest absolute Gasteiger partial charge is 0.334 e. The summed E-state index contributed by atoms with van der Waals surface area (Å²) in [6, 6.07) is 33.8. The smallest absolute Gasteiger partial charge is 0.280 e. The third kappa shape index (κ3) is 8.03. The lowest BCUT2D eigenvalue weighted by Crippen LogP contribution is -2.36. The minimum atomic E-state index is -1.86. The normalized spacial score (nSPS) is 13.0. The van der Waals surface area contributed by atoms with Gasteiger partial charge in [0.2, 0.25) is 0 Å². The summed E-state index contributed by atoms with van der Waals surface area (Å²) in [7, 11) is -1.86. The summed E-state index contributed by atoms with van der Waals surface area (Å²) in [5.41, 5.74) is 5.43. The van der Waals surface area contributed by atoms with Crippen LogP contribution in [-0.4, -0.2) is 49.7 Å². The summed E-state index contributed by atoms with van der Waals surface area (Å²) in [6.45, 7) is 7.31. The van der Waals surface area contributed by atoms with E-state index in [0.717, 1.165) is 47.7 Å². The Morgan fingerprint density at radius 2 is 1.59 bits per heavy atom. The molecule has 286 valence electrons. The van der Waals surface area contributed by atoms with Gasteiger partial charge in [0.05, 0.1) is 26.9 Å². The number of rotatable bonds is 12. The molecular formula is C45H44ClN5O4S. The quantitative estimate of drug-likeness (QED) is 0.133. The summed E-state index contributed by atoms with van der Waals surface area (Å²) >= 11 is 6.94. The van der Waals surface area contributed by atoms with Gasteiger partial charge >= 0.3 is 0 Å². The summed E-state index contributed by atoms with van der Waals surface area (Å²) in [6.07, 6.45) is 4.33. The van der Waals surface area contributed by atoms with Crippen LogP contribution in [0.4, 0.5) is 5.69 Å². The Bertz CT molecular complexity index is 2460. The Morgan fingerprint density at radius 1 is 0.857 bits per heavy atom. The van der Waals surface area contributed by atoms with E-state index >= 15 is 0 Å². The number of hydrogen-bond acceptors (Lipinski definition) is 5. The van der Waals surface area contributed by atoms with Crippen LogP contribution in [0, 0.1) is 6.92 Å². The van der Waals surface area contributed by atoms with Gasteiger partial charge in [0.1, 0.15) is 0 Å². The van der Waals surface area contributed by atoms with Crippen molar-refractivity contribution < 1.29 is 18.6 Å². The molecule has 1 unspecified atom stereocenters. The topological polar surface area (TPSA) is 105 Å². The number of carbonyl (C=O) groups is 3. The highest BCUT2D eigenvalue weighted by molar-refractivity contribution is 7.83. The molecule has 0 radical (unpaired) electrons. The Kier molecular flexibility index (Phi) is 11.8. The molecule has 0 spiro atoms. The van der Waals surface area contributed by atoms with Crippen LogP contribution in [0.25, 0.3) is 16.5 Å². The monoisotopic (exact) mass is 785 g/mol. The zero-order valence-corrected chi connectivity index (χ0v) is 33.3. The SMILES string of the molecule is CCCCN(C(=O)c1nn(-c2ccc(C(=O)NS(=O)c3ccc4ccccc4c3)cc2C(=O)N2CCc3ccccc3C2)c(C)c1Cl)c1ccc(CCC)cc1. The molecule has 7 rings (SSSR count). The molecule has 9 nitrogen and oxygen atoms in total. The van der Waals surface area contributed by atoms with Crippen LogP contribution in [0.15, 0.2) is 114 Å². The standard InChI is InChI=1S/C45H44ClN5O4S/c1-4-6-25-50(37-20-16-31(11-5-2)17-21-37)45(54)42-41(46)30(3)51(47-42)40-23-19-35(28-39(40)44(53)49-26-24-33-13-8-10-15-36(33)29-49)43(52)48-56(55)38-22-18-32-12-7-9-14-34(32)27-38/h7-10,12-23,27-28H,4-6,11,24-26,29H2,1-3H3,(H,48,52). The van der Waals surface area contributed by atoms with Gasteiger partial charge in [-0.3, -0.25) is 19.1 Å². The van der Waals surface area contributed by atoms with E-state index in [9.17, 15) is 18.6 Å². The van der Waals surface area contributed by atoms with Gasteiger partial charge in [0.25, 0.3) is 17.7 Å². The van der Waals surface area contributed by atoms with Crippen LogP contribution in [0.1, 0.15) is 86.7 Å². The van der Waals surface area contributed by atoms with Crippen LogP contribution in [0.5, 0.6) is 0 Å². The predicted molar refractivity (Wildman–Crippen MR) is 223 cm³/mol. The third-order valence-corrected chi connectivity index (χ3v) is 11.8. The van der Waals surface area contributed by atoms with Crippen LogP contribution in [0.2, 0.25) is 5.02 Å². The predicted octanol–water partition coefficient (Wildman–Crippen LogP) is 9.04. The van der Waals surface area contributed by atoms with Crippen molar-refractivity contribution in [3.8, 4) is 5.69 Å². The highest BCUT2D eigenvalue weighted by Crippen LogP contribution is 2.30. The molecule has 1 N–H and O–H groups in total. The van der Waals surface area contributed by atoms with Gasteiger partial charge < -0.3 is 9.80 Å². The Labute approximate surface area is 334 Å². The molecule has 0 fully saturated rings. The minimum absolute atomic E-state index is 0.0656. The molecule has 5 aromatic carbocycles. The van der Waals surface area contributed by atoms with Gasteiger partial charge in [0.15, 0.2) is 16.7 Å². The molecule has 1 atom stereocenters. The maximum atomic E-state index is 14.6. The number of aromatic nitrogens is 2. The Morgan fingerprint density at radius 3 is 2.34 bits per heavy atom. The Balaban J connectivity index is 1.24. The number of nitrogens with zero attached hydrogens (tertiary/aromatic N) is 4. The fourth-order valence-electron chi connectivity index (χ4n) is 7.14. The lowest BCUT2D eigenvalue weighted by Gasteiger charge is -2.29. The third-order valence-electron chi connectivity index (χ3n) is 10.3. The number of carbonyl (C=O) groups excluding carboxylic acids is 3. The van der Waals surface area contributed by atoms with Gasteiger partial charge in [-0.1, -0.05) is 105 Å². The maximum absolute atomic E-state index is 14.6. The first-order chi connectivity index (χ1) is 27.2. The second-order valence-corrected chi connectivity index (χ2v) is 15.7. The van der Waals surface area contributed by atoms with Gasteiger partial charge in [-0.25, -0.2) is 8.89 Å². The molecule has 2 heterocycles. The van der Waals surface area contributed by atoms with Crippen LogP contribution in [-0.2, 0) is 30.4 Å². The average Bonchev–Trinajstić information content (AvgIpc) is 3.53. The molecule has 0 bridgehead atoms. The van der Waals surface area contributed by atoms with Crippen molar-refractivity contribution in [1.82, 2.24) is 19.4 Å². The van der Waals surface area contributed by atoms with Crippen molar-refractivity contribution in [2.45, 2.75) is 64.3 Å². The van der Waals surface area contributed by atoms with Crippen molar-refractivity contribution >= 4 is 56.8 Å².